The first-order chi connectivity index (χ1) is 54.8. The molecule has 4 aliphatic rings. The second-order valence-electron chi connectivity index (χ2n) is 27.5. The van der Waals surface area contributed by atoms with E-state index in [9.17, 15) is 90.4 Å². The molecular weight excluding hydrogens is 1520 g/mol. The summed E-state index contributed by atoms with van der Waals surface area (Å²) >= 11 is 0. The van der Waals surface area contributed by atoms with E-state index < -0.39 is 185 Å². The van der Waals surface area contributed by atoms with Crippen molar-refractivity contribution in [2.75, 3.05) is 112 Å². The van der Waals surface area contributed by atoms with Crippen molar-refractivity contribution in [2.45, 2.75) is 228 Å². The van der Waals surface area contributed by atoms with Gasteiger partial charge in [-0.2, -0.15) is 0 Å². The van der Waals surface area contributed by atoms with Crippen LogP contribution in [0.1, 0.15) is 69.7 Å². The summed E-state index contributed by atoms with van der Waals surface area (Å²) in [7, 11) is 0. The van der Waals surface area contributed by atoms with Crippen LogP contribution in [-0.4, -0.2) is 407 Å². The molecule has 0 saturated carbocycles. The van der Waals surface area contributed by atoms with E-state index in [0.29, 0.717) is 42.2 Å². The van der Waals surface area contributed by atoms with Gasteiger partial charge < -0.3 is 144 Å². The van der Waals surface area contributed by atoms with Gasteiger partial charge in [0, 0.05) is 78.7 Å². The van der Waals surface area contributed by atoms with Gasteiger partial charge in [0.25, 0.3) is 0 Å². The van der Waals surface area contributed by atoms with Gasteiger partial charge in [0.05, 0.1) is 155 Å². The summed E-state index contributed by atoms with van der Waals surface area (Å²) in [6.45, 7) is 4.52. The summed E-state index contributed by atoms with van der Waals surface area (Å²) in [5, 5.41) is 179. The third-order valence-electron chi connectivity index (χ3n) is 18.7. The van der Waals surface area contributed by atoms with E-state index in [1.807, 2.05) is 4.90 Å². The van der Waals surface area contributed by atoms with Crippen molar-refractivity contribution in [3.8, 4) is 0 Å². The number of nitrogens with one attached hydrogen (secondary N) is 4. The van der Waals surface area contributed by atoms with Crippen LogP contribution in [0.2, 0.25) is 0 Å². The molecule has 0 aromatic carbocycles. The molecule has 0 radical (unpaired) electrons. The highest BCUT2D eigenvalue weighted by molar-refractivity contribution is 5.75. The lowest BCUT2D eigenvalue weighted by molar-refractivity contribution is -0.272. The van der Waals surface area contributed by atoms with Crippen LogP contribution < -0.4 is 21.3 Å². The molecule has 0 spiro atoms. The number of unbranched alkanes of at least 4 members (excludes halogenated alkanes) is 1. The van der Waals surface area contributed by atoms with Crippen molar-refractivity contribution in [3.05, 3.63) is 47.6 Å². The van der Waals surface area contributed by atoms with Gasteiger partial charge in [-0.1, -0.05) is 27.3 Å². The average molecular weight is 1640 g/mol. The molecule has 4 aromatic rings. The summed E-state index contributed by atoms with van der Waals surface area (Å²) < 4.78 is 74.8. The number of hydrogen-bond acceptors (Lipinski definition) is 39. The molecule has 0 bridgehead atoms. The zero-order valence-corrected chi connectivity index (χ0v) is 63.7. The minimum absolute atomic E-state index is 0.0134. The molecule has 4 saturated heterocycles. The molecule has 4 fully saturated rings. The number of carboxylic acid groups (broad SMARTS) is 1. The number of aliphatic carboxylic acids is 1. The molecule has 114 heavy (non-hydrogen) atoms. The summed E-state index contributed by atoms with van der Waals surface area (Å²) in [5.74, 6) is -3.18. The highest BCUT2D eigenvalue weighted by Crippen LogP contribution is 2.27. The van der Waals surface area contributed by atoms with Gasteiger partial charge >= 0.3 is 5.97 Å². The Hall–Kier alpha value is -7.13. The second kappa shape index (κ2) is 47.3. The van der Waals surface area contributed by atoms with Crippen LogP contribution in [-0.2, 0) is 133 Å². The van der Waals surface area contributed by atoms with Crippen LogP contribution in [0.3, 0.4) is 0 Å². The van der Waals surface area contributed by atoms with Crippen LogP contribution in [0.25, 0.3) is 0 Å². The van der Waals surface area contributed by atoms with Crippen molar-refractivity contribution < 1.29 is 147 Å². The Morgan fingerprint density at radius 2 is 0.658 bits per heavy atom. The number of hydrogen-bond donors (Lipinski definition) is 17. The van der Waals surface area contributed by atoms with Crippen molar-refractivity contribution in [2.24, 2.45) is 0 Å². The first-order valence-electron chi connectivity index (χ1n) is 37.4. The van der Waals surface area contributed by atoms with Crippen LogP contribution in [0.15, 0.2) is 24.8 Å². The monoisotopic (exact) mass is 1630 g/mol. The molecule has 0 aliphatic carbocycles. The molecule has 4 aromatic heterocycles. The minimum atomic E-state index is -1.50. The number of aliphatic hydroxyl groups is 12. The van der Waals surface area contributed by atoms with Gasteiger partial charge in [-0.05, 0) is 19.4 Å². The highest BCUT2D eigenvalue weighted by Gasteiger charge is 2.49. The van der Waals surface area contributed by atoms with E-state index in [1.165, 1.54) is 37.1 Å². The van der Waals surface area contributed by atoms with E-state index >= 15 is 0 Å². The third-order valence-corrected chi connectivity index (χ3v) is 18.7. The number of ether oxygens (including phenoxy) is 12. The number of amides is 4. The molecule has 8 heterocycles. The number of aliphatic hydroxyl groups excluding tert-OH is 12. The minimum Gasteiger partial charge on any atom is -0.480 e. The van der Waals surface area contributed by atoms with Gasteiger partial charge in [0.15, 0.2) is 25.2 Å². The quantitative estimate of drug-likeness (QED) is 0.0183. The first kappa shape index (κ1) is 92.4. The topological polar surface area (TPSA) is 637 Å². The molecule has 48 heteroatoms. The Morgan fingerprint density at radius 1 is 0.395 bits per heavy atom. The SMILES string of the molecule is CC(=O)N[C@H]1[C@H](OCCOCCn2cc(CN(CCCC[C@@H](C(=O)O)N(Cc3cn(CCOCCOC4O[C@H](CO)[C@H](O)[C@H](O)[C@H]4NC(C)=O)nn3)Cc3cn(CCOCCO[C@@H]4O[C@H](CO)[C@H](O)[C@H](O)[C@H]4NC(C)=O)nn3)Cc3cn(CCOCCO[C@@H]4O[C@H](CO)[C@H](O)[C@H](O)[C@H]4NC(C)=O)nn3)nn2)O[C@H](CO)[C@H](O)[C@@H]1O. The zero-order valence-electron chi connectivity index (χ0n) is 63.7. The van der Waals surface area contributed by atoms with Gasteiger partial charge in [0.2, 0.25) is 23.6 Å². The number of carboxylic acids is 1. The van der Waals surface area contributed by atoms with Crippen molar-refractivity contribution >= 4 is 29.6 Å². The van der Waals surface area contributed by atoms with E-state index in [-0.39, 0.29) is 138 Å². The Balaban J connectivity index is 0.895. The van der Waals surface area contributed by atoms with Gasteiger partial charge in [-0.25, -0.2) is 18.7 Å². The summed E-state index contributed by atoms with van der Waals surface area (Å²) in [6, 6.07) is -5.67. The number of aromatic nitrogens is 12. The molecule has 21 atom stereocenters. The molecule has 48 nitrogen and oxygen atoms in total. The van der Waals surface area contributed by atoms with Crippen LogP contribution in [0.4, 0.5) is 0 Å². The largest absolute Gasteiger partial charge is 0.480 e. The maximum absolute atomic E-state index is 13.6. The fraction of sp³-hybridized carbons (Fsp3) is 0.803. The fourth-order valence-corrected chi connectivity index (χ4v) is 13.0. The van der Waals surface area contributed by atoms with Crippen molar-refractivity contribution in [1.29, 1.82) is 0 Å². The number of rotatable bonds is 51. The van der Waals surface area contributed by atoms with Crippen molar-refractivity contribution in [3.63, 3.8) is 0 Å². The maximum Gasteiger partial charge on any atom is 0.320 e. The van der Waals surface area contributed by atoms with Gasteiger partial charge in [0.1, 0.15) is 103 Å². The second-order valence-corrected chi connectivity index (χ2v) is 27.5. The Kier molecular flexibility index (Phi) is 38.3. The Bertz CT molecular complexity index is 3290. The summed E-state index contributed by atoms with van der Waals surface area (Å²) in [4.78, 5) is 64.8. The first-order valence-corrected chi connectivity index (χ1v) is 37.4. The molecule has 4 amide bonds. The fourth-order valence-electron chi connectivity index (χ4n) is 13.0. The smallest absolute Gasteiger partial charge is 0.320 e. The standard InChI is InChI=1S/C66H110N18O30/c1-37(89)67-50-58(97)54(93)46(33-85)111-63(50)107-21-17-103-13-9-81-29-41(71-75-81)25-79(26-42-30-82(76-72-42)10-14-104-18-22-108-64-51(68-38(2)90)59(98)55(94)47(34-86)112-64)8-6-5-7-45(62(101)102)80(27-43-31-83(77-73-43)11-15-105-19-23-109-65-52(69-39(3)91)60(99)56(95)48(35-87)113-65)28-44-32-84(78-74-44)12-16-106-20-24-110-66-53(70-40(4)92)61(100)57(96)49(36-88)114-66/h29-32,45-61,63-66,85-88,93-100H,5-28,33-36H2,1-4H3,(H,67,89)(H,68,90)(H,69,91)(H,70,92)(H,101,102)/t45-,46+,47+,48+,49+,50+,51+,52+,53+,54-,55-,56-,57-,58+,59+,60+,61+,63+,64+,65+,66?/m0/s1. The van der Waals surface area contributed by atoms with E-state index in [0.717, 1.165) is 0 Å². The van der Waals surface area contributed by atoms with Crippen molar-refractivity contribution in [1.82, 2.24) is 91.0 Å². The number of carbonyl (C=O) groups excluding carboxylic acids is 4. The lowest BCUT2D eigenvalue weighted by Gasteiger charge is -2.42. The van der Waals surface area contributed by atoms with E-state index in [1.54, 1.807) is 39.1 Å². The van der Waals surface area contributed by atoms with Crippen LogP contribution >= 0.6 is 0 Å². The molecule has 8 rings (SSSR count). The summed E-state index contributed by atoms with van der Waals surface area (Å²) in [6.07, 6.45) is -13.7. The Labute approximate surface area is 653 Å². The van der Waals surface area contributed by atoms with E-state index in [4.69, 9.17) is 56.8 Å². The highest BCUT2D eigenvalue weighted by atomic mass is 16.7. The van der Waals surface area contributed by atoms with Gasteiger partial charge in [-0.3, -0.25) is 33.8 Å². The normalized spacial score (nSPS) is 28.2. The maximum atomic E-state index is 13.6. The number of carbonyl (C=O) groups is 5. The molecular formula is C66H110N18O30. The van der Waals surface area contributed by atoms with Crippen LogP contribution in [0, 0.1) is 0 Å². The third kappa shape index (κ3) is 28.3. The molecule has 644 valence electrons. The lowest BCUT2D eigenvalue weighted by atomic mass is 9.97. The Morgan fingerprint density at radius 3 is 0.904 bits per heavy atom. The molecule has 4 aliphatic heterocycles. The lowest BCUT2D eigenvalue weighted by Crippen LogP contribution is -2.64. The predicted molar refractivity (Wildman–Crippen MR) is 377 cm³/mol. The average Bonchev–Trinajstić information content (AvgIpc) is 1.16. The van der Waals surface area contributed by atoms with Crippen LogP contribution in [0.5, 0.6) is 0 Å². The summed E-state index contributed by atoms with van der Waals surface area (Å²) in [5.41, 5.74) is 1.91. The van der Waals surface area contributed by atoms with E-state index in [2.05, 4.69) is 62.5 Å². The molecule has 17 N–H and O–H groups in total. The predicted octanol–water partition coefficient (Wildman–Crippen LogP) is -10.7. The molecule has 1 unspecified atom stereocenters. The zero-order chi connectivity index (χ0) is 82.4. The van der Waals surface area contributed by atoms with Gasteiger partial charge in [-0.15, -0.1) is 20.4 Å². The number of nitrogens with zero attached hydrogens (tertiary/aromatic N) is 14.